The van der Waals surface area contributed by atoms with Crippen LogP contribution in [0.25, 0.3) is 0 Å². The maximum Gasteiger partial charge on any atom is 0.264 e. The monoisotopic (exact) mass is 371 g/mol. The van der Waals surface area contributed by atoms with Gasteiger partial charge in [0.1, 0.15) is 5.82 Å². The summed E-state index contributed by atoms with van der Waals surface area (Å²) in [6, 6.07) is 9.56. The van der Waals surface area contributed by atoms with Crippen LogP contribution in [0.15, 0.2) is 47.4 Å². The van der Waals surface area contributed by atoms with Crippen LogP contribution in [0.1, 0.15) is 11.1 Å². The number of hydrogen-bond acceptors (Lipinski definition) is 4. The number of sulfonamides is 1. The Morgan fingerprint density at radius 3 is 2.62 bits per heavy atom. The number of amides is 1. The molecule has 0 aromatic heterocycles. The molecule has 0 saturated heterocycles. The van der Waals surface area contributed by atoms with Gasteiger partial charge in [0, 0.05) is 12.1 Å². The number of methoxy groups -OCH3 is 1. The number of rotatable bonds is 6. The van der Waals surface area contributed by atoms with Gasteiger partial charge in [-0.25, -0.2) is 17.5 Å². The zero-order valence-electron chi connectivity index (χ0n) is 12.8. The Hall–Kier alpha value is -1.96. The number of carbonyl (C=O) groups excluding carboxylic acids is 1. The van der Waals surface area contributed by atoms with Crippen LogP contribution >= 0.6 is 11.6 Å². The SMILES string of the molecule is COCc1cc(Cl)cc(S(=O)(=O)NC(=O)Cc2cccc(F)c2)c1. The first-order valence-corrected chi connectivity index (χ1v) is 8.75. The highest BCUT2D eigenvalue weighted by Gasteiger charge is 2.19. The van der Waals surface area contributed by atoms with Crippen LogP contribution in [0.5, 0.6) is 0 Å². The summed E-state index contributed by atoms with van der Waals surface area (Å²) in [6.45, 7) is 0.181. The summed E-state index contributed by atoms with van der Waals surface area (Å²) in [5.41, 5.74) is 0.928. The highest BCUT2D eigenvalue weighted by atomic mass is 35.5. The Morgan fingerprint density at radius 2 is 1.96 bits per heavy atom. The van der Waals surface area contributed by atoms with E-state index >= 15 is 0 Å². The lowest BCUT2D eigenvalue weighted by Gasteiger charge is -2.09. The molecule has 0 bridgehead atoms. The molecule has 0 atom stereocenters. The minimum Gasteiger partial charge on any atom is -0.380 e. The summed E-state index contributed by atoms with van der Waals surface area (Å²) in [4.78, 5) is 11.8. The second-order valence-corrected chi connectivity index (χ2v) is 7.18. The third kappa shape index (κ3) is 5.02. The van der Waals surface area contributed by atoms with Crippen molar-refractivity contribution in [2.45, 2.75) is 17.9 Å². The Morgan fingerprint density at radius 1 is 1.21 bits per heavy atom. The van der Waals surface area contributed by atoms with Crippen molar-refractivity contribution < 1.29 is 22.3 Å². The fraction of sp³-hybridized carbons (Fsp3) is 0.188. The molecule has 8 heteroatoms. The molecule has 2 aromatic carbocycles. The third-order valence-corrected chi connectivity index (χ3v) is 4.63. The van der Waals surface area contributed by atoms with Crippen LogP contribution in [-0.4, -0.2) is 21.4 Å². The quantitative estimate of drug-likeness (QED) is 0.847. The van der Waals surface area contributed by atoms with Crippen LogP contribution in [0.2, 0.25) is 5.02 Å². The van der Waals surface area contributed by atoms with Crippen molar-refractivity contribution in [3.63, 3.8) is 0 Å². The summed E-state index contributed by atoms with van der Waals surface area (Å²) in [6.07, 6.45) is -0.261. The highest BCUT2D eigenvalue weighted by Crippen LogP contribution is 2.19. The minimum atomic E-state index is -4.09. The fourth-order valence-electron chi connectivity index (χ4n) is 2.10. The smallest absolute Gasteiger partial charge is 0.264 e. The van der Waals surface area contributed by atoms with Gasteiger partial charge in [-0.15, -0.1) is 0 Å². The normalized spacial score (nSPS) is 11.3. The lowest BCUT2D eigenvalue weighted by molar-refractivity contribution is -0.118. The lowest BCUT2D eigenvalue weighted by atomic mass is 10.1. The van der Waals surface area contributed by atoms with Crippen LogP contribution < -0.4 is 4.72 Å². The average Bonchev–Trinajstić information content (AvgIpc) is 2.46. The molecule has 0 aliphatic rings. The maximum atomic E-state index is 13.1. The first-order valence-electron chi connectivity index (χ1n) is 6.88. The van der Waals surface area contributed by atoms with Crippen LogP contribution in [0, 0.1) is 5.82 Å². The van der Waals surface area contributed by atoms with E-state index in [9.17, 15) is 17.6 Å². The van der Waals surface area contributed by atoms with E-state index in [0.717, 1.165) is 0 Å². The maximum absolute atomic E-state index is 13.1. The minimum absolute atomic E-state index is 0.144. The summed E-state index contributed by atoms with van der Waals surface area (Å²) in [5, 5.41) is 0.211. The summed E-state index contributed by atoms with van der Waals surface area (Å²) < 4.78 is 44.6. The van der Waals surface area contributed by atoms with E-state index in [4.69, 9.17) is 16.3 Å². The van der Waals surface area contributed by atoms with E-state index in [2.05, 4.69) is 0 Å². The average molecular weight is 372 g/mol. The van der Waals surface area contributed by atoms with Gasteiger partial charge in [0.05, 0.1) is 17.9 Å². The van der Waals surface area contributed by atoms with Crippen molar-refractivity contribution in [3.05, 3.63) is 64.4 Å². The first-order chi connectivity index (χ1) is 11.3. The van der Waals surface area contributed by atoms with Crippen LogP contribution in [-0.2, 0) is 32.6 Å². The Balaban J connectivity index is 2.17. The molecule has 2 rings (SSSR count). The van der Waals surface area contributed by atoms with Gasteiger partial charge in [0.15, 0.2) is 0 Å². The van der Waals surface area contributed by atoms with Gasteiger partial charge in [-0.3, -0.25) is 4.79 Å². The zero-order valence-corrected chi connectivity index (χ0v) is 14.3. The number of nitrogens with one attached hydrogen (secondary N) is 1. The molecule has 0 aliphatic carbocycles. The topological polar surface area (TPSA) is 72.5 Å². The number of benzene rings is 2. The molecule has 2 aromatic rings. The van der Waals surface area contributed by atoms with Gasteiger partial charge in [-0.1, -0.05) is 23.7 Å². The Kier molecular flexibility index (Phi) is 5.93. The largest absolute Gasteiger partial charge is 0.380 e. The van der Waals surface area contributed by atoms with E-state index in [1.54, 1.807) is 6.07 Å². The van der Waals surface area contributed by atoms with Gasteiger partial charge in [0.2, 0.25) is 5.91 Å². The van der Waals surface area contributed by atoms with Gasteiger partial charge in [-0.05, 0) is 41.5 Å². The second kappa shape index (κ2) is 7.74. The zero-order chi connectivity index (χ0) is 17.7. The number of hydrogen-bond donors (Lipinski definition) is 1. The molecule has 5 nitrogen and oxygen atoms in total. The first kappa shape index (κ1) is 18.4. The number of halogens is 2. The molecule has 0 aliphatic heterocycles. The van der Waals surface area contributed by atoms with Crippen molar-refractivity contribution in [1.29, 1.82) is 0 Å². The van der Waals surface area contributed by atoms with Crippen molar-refractivity contribution in [2.24, 2.45) is 0 Å². The number of ether oxygens (including phenoxy) is 1. The standard InChI is InChI=1S/C16H15ClFNO4S/c1-23-10-12-5-13(17)9-15(7-12)24(21,22)19-16(20)8-11-3-2-4-14(18)6-11/h2-7,9H,8,10H2,1H3,(H,19,20). The van der Waals surface area contributed by atoms with Gasteiger partial charge >= 0.3 is 0 Å². The summed E-state index contributed by atoms with van der Waals surface area (Å²) >= 11 is 5.90. The lowest BCUT2D eigenvalue weighted by Crippen LogP contribution is -2.31. The predicted octanol–water partition coefficient (Wildman–Crippen LogP) is 2.67. The molecule has 0 unspecified atom stereocenters. The van der Waals surface area contributed by atoms with Crippen LogP contribution in [0.4, 0.5) is 4.39 Å². The molecule has 24 heavy (non-hydrogen) atoms. The summed E-state index contributed by atoms with van der Waals surface area (Å²) in [7, 11) is -2.62. The third-order valence-electron chi connectivity index (χ3n) is 3.05. The van der Waals surface area contributed by atoms with E-state index in [1.807, 2.05) is 4.72 Å². The van der Waals surface area contributed by atoms with E-state index < -0.39 is 21.7 Å². The van der Waals surface area contributed by atoms with Gasteiger partial charge in [-0.2, -0.15) is 0 Å². The van der Waals surface area contributed by atoms with Crippen molar-refractivity contribution in [3.8, 4) is 0 Å². The molecule has 0 radical (unpaired) electrons. The second-order valence-electron chi connectivity index (χ2n) is 5.06. The van der Waals surface area contributed by atoms with Crippen LogP contribution in [0.3, 0.4) is 0 Å². The van der Waals surface area contributed by atoms with Crippen molar-refractivity contribution in [2.75, 3.05) is 7.11 Å². The summed E-state index contributed by atoms with van der Waals surface area (Å²) in [5.74, 6) is -1.27. The molecule has 128 valence electrons. The molecular formula is C16H15ClFNO4S. The Labute approximate surface area is 144 Å². The molecule has 0 fully saturated rings. The highest BCUT2D eigenvalue weighted by molar-refractivity contribution is 7.90. The van der Waals surface area contributed by atoms with E-state index in [0.29, 0.717) is 11.1 Å². The molecule has 1 amide bonds. The van der Waals surface area contributed by atoms with Crippen molar-refractivity contribution in [1.82, 2.24) is 4.72 Å². The molecule has 0 saturated carbocycles. The molecule has 1 N–H and O–H groups in total. The predicted molar refractivity (Wildman–Crippen MR) is 87.6 cm³/mol. The molecule has 0 spiro atoms. The Bertz CT molecular complexity index is 855. The molecule has 0 heterocycles. The van der Waals surface area contributed by atoms with E-state index in [1.165, 1.54) is 43.5 Å². The fourth-order valence-corrected chi connectivity index (χ4v) is 3.50. The van der Waals surface area contributed by atoms with Gasteiger partial charge in [0.25, 0.3) is 10.0 Å². The van der Waals surface area contributed by atoms with Gasteiger partial charge < -0.3 is 4.74 Å². The molecular weight excluding hydrogens is 357 g/mol. The van der Waals surface area contributed by atoms with E-state index in [-0.39, 0.29) is 22.9 Å². The number of carbonyl (C=O) groups is 1. The van der Waals surface area contributed by atoms with Crippen molar-refractivity contribution >= 4 is 27.5 Å².